The van der Waals surface area contributed by atoms with E-state index in [1.165, 1.54) is 23.5 Å². The average Bonchev–Trinajstić information content (AvgIpc) is 3.04. The highest BCUT2D eigenvalue weighted by Crippen LogP contribution is 2.42. The Labute approximate surface area is 119 Å². The van der Waals surface area contributed by atoms with Gasteiger partial charge in [0.2, 0.25) is 0 Å². The molecule has 1 aliphatic carbocycles. The first-order valence-electron chi connectivity index (χ1n) is 6.51. The fraction of sp³-hybridized carbons (Fsp3) is 0.357. The number of anilines is 1. The quantitative estimate of drug-likeness (QED) is 0.629. The molecule has 104 valence electrons. The summed E-state index contributed by atoms with van der Waals surface area (Å²) in [6, 6.07) is 0. The van der Waals surface area contributed by atoms with E-state index < -0.39 is 17.8 Å². The molecule has 1 aliphatic heterocycles. The van der Waals surface area contributed by atoms with Gasteiger partial charge in [0.1, 0.15) is 5.00 Å². The molecule has 1 aromatic heterocycles. The van der Waals surface area contributed by atoms with Crippen LogP contribution in [0, 0.1) is 0 Å². The summed E-state index contributed by atoms with van der Waals surface area (Å²) in [7, 11) is 0. The number of fused-ring (bicyclic) bond motifs is 1. The Morgan fingerprint density at radius 3 is 2.65 bits per heavy atom. The zero-order chi connectivity index (χ0) is 14.3. The van der Waals surface area contributed by atoms with Crippen LogP contribution in [0.2, 0.25) is 0 Å². The molecule has 20 heavy (non-hydrogen) atoms. The number of carbonyl (C=O) groups is 3. The first-order valence-corrected chi connectivity index (χ1v) is 7.33. The molecule has 2 aliphatic rings. The predicted octanol–water partition coefficient (Wildman–Crippen LogP) is 1.84. The topological polar surface area (TPSA) is 63.7 Å². The van der Waals surface area contributed by atoms with Gasteiger partial charge < -0.3 is 4.74 Å². The Bertz CT molecular complexity index is 626. The Morgan fingerprint density at radius 2 is 2.00 bits per heavy atom. The second-order valence-electron chi connectivity index (χ2n) is 4.60. The largest absolute Gasteiger partial charge is 0.462 e. The number of carbonyl (C=O) groups excluding carboxylic acids is 3. The number of amides is 2. The van der Waals surface area contributed by atoms with Crippen molar-refractivity contribution in [3.8, 4) is 0 Å². The molecule has 2 heterocycles. The van der Waals surface area contributed by atoms with E-state index in [1.54, 1.807) is 6.92 Å². The maximum absolute atomic E-state index is 12.2. The molecule has 5 nitrogen and oxygen atoms in total. The van der Waals surface area contributed by atoms with Gasteiger partial charge in [-0.15, -0.1) is 11.3 Å². The zero-order valence-corrected chi connectivity index (χ0v) is 11.8. The third-order valence-electron chi connectivity index (χ3n) is 3.39. The fourth-order valence-electron chi connectivity index (χ4n) is 2.56. The van der Waals surface area contributed by atoms with Crippen LogP contribution in [0.3, 0.4) is 0 Å². The number of hydrogen-bond acceptors (Lipinski definition) is 5. The number of nitrogens with zero attached hydrogens (tertiary/aromatic N) is 1. The molecule has 6 heteroatoms. The van der Waals surface area contributed by atoms with Gasteiger partial charge in [-0.2, -0.15) is 0 Å². The van der Waals surface area contributed by atoms with Crippen LogP contribution in [0.5, 0.6) is 0 Å². The number of ether oxygens (including phenoxy) is 1. The lowest BCUT2D eigenvalue weighted by Crippen LogP contribution is -2.30. The maximum Gasteiger partial charge on any atom is 0.341 e. The van der Waals surface area contributed by atoms with E-state index in [4.69, 9.17) is 4.74 Å². The van der Waals surface area contributed by atoms with Crippen molar-refractivity contribution in [2.45, 2.75) is 26.2 Å². The van der Waals surface area contributed by atoms with Crippen molar-refractivity contribution >= 4 is 34.1 Å². The molecule has 0 fully saturated rings. The molecule has 0 radical (unpaired) electrons. The smallest absolute Gasteiger partial charge is 0.341 e. The van der Waals surface area contributed by atoms with Gasteiger partial charge in [0.05, 0.1) is 12.2 Å². The van der Waals surface area contributed by atoms with Gasteiger partial charge in [-0.1, -0.05) is 0 Å². The molecule has 2 amide bonds. The van der Waals surface area contributed by atoms with Gasteiger partial charge in [-0.3, -0.25) is 9.59 Å². The summed E-state index contributed by atoms with van der Waals surface area (Å²) in [5.74, 6) is -1.25. The van der Waals surface area contributed by atoms with Crippen molar-refractivity contribution in [2.24, 2.45) is 0 Å². The van der Waals surface area contributed by atoms with Gasteiger partial charge in [0, 0.05) is 17.0 Å². The fourth-order valence-corrected chi connectivity index (χ4v) is 3.95. The van der Waals surface area contributed by atoms with Crippen LogP contribution in [-0.2, 0) is 27.2 Å². The average molecular weight is 291 g/mol. The van der Waals surface area contributed by atoms with Crippen LogP contribution >= 0.6 is 11.3 Å². The molecular formula is C14H13NO4S. The number of esters is 1. The molecule has 0 saturated heterocycles. The minimum atomic E-state index is -0.450. The molecule has 1 aromatic rings. The van der Waals surface area contributed by atoms with Crippen molar-refractivity contribution in [1.82, 2.24) is 0 Å². The van der Waals surface area contributed by atoms with Crippen molar-refractivity contribution in [1.29, 1.82) is 0 Å². The Hall–Kier alpha value is -1.95. The van der Waals surface area contributed by atoms with E-state index in [2.05, 4.69) is 0 Å². The number of hydrogen-bond donors (Lipinski definition) is 0. The highest BCUT2D eigenvalue weighted by Gasteiger charge is 2.35. The van der Waals surface area contributed by atoms with E-state index >= 15 is 0 Å². The van der Waals surface area contributed by atoms with E-state index in [0.29, 0.717) is 10.6 Å². The molecule has 3 rings (SSSR count). The summed E-state index contributed by atoms with van der Waals surface area (Å²) < 4.78 is 5.08. The van der Waals surface area contributed by atoms with E-state index in [1.807, 2.05) is 0 Å². The first-order chi connectivity index (χ1) is 9.63. The third-order valence-corrected chi connectivity index (χ3v) is 4.67. The number of rotatable bonds is 3. The normalized spacial score (nSPS) is 16.9. The molecule has 0 unspecified atom stereocenters. The highest BCUT2D eigenvalue weighted by atomic mass is 32.1. The predicted molar refractivity (Wildman–Crippen MR) is 73.9 cm³/mol. The molecule has 0 aromatic carbocycles. The second-order valence-corrected chi connectivity index (χ2v) is 5.69. The van der Waals surface area contributed by atoms with Gasteiger partial charge in [0.25, 0.3) is 11.8 Å². The summed E-state index contributed by atoms with van der Waals surface area (Å²) >= 11 is 1.35. The van der Waals surface area contributed by atoms with Gasteiger partial charge >= 0.3 is 5.97 Å². The Kier molecular flexibility index (Phi) is 3.17. The van der Waals surface area contributed by atoms with E-state index in [9.17, 15) is 14.4 Å². The summed E-state index contributed by atoms with van der Waals surface area (Å²) in [6.45, 7) is 2.00. The monoisotopic (exact) mass is 291 g/mol. The summed E-state index contributed by atoms with van der Waals surface area (Å²) in [4.78, 5) is 38.0. The van der Waals surface area contributed by atoms with Crippen molar-refractivity contribution in [3.63, 3.8) is 0 Å². The van der Waals surface area contributed by atoms with Crippen molar-refractivity contribution in [3.05, 3.63) is 28.2 Å². The lowest BCUT2D eigenvalue weighted by Gasteiger charge is -2.14. The van der Waals surface area contributed by atoms with E-state index in [-0.39, 0.29) is 6.61 Å². The number of imide groups is 1. The highest BCUT2D eigenvalue weighted by molar-refractivity contribution is 7.17. The minimum Gasteiger partial charge on any atom is -0.462 e. The van der Waals surface area contributed by atoms with Crippen molar-refractivity contribution < 1.29 is 19.1 Å². The Balaban J connectivity index is 2.09. The molecule has 0 atom stereocenters. The lowest BCUT2D eigenvalue weighted by molar-refractivity contribution is -0.119. The zero-order valence-electron chi connectivity index (χ0n) is 11.0. The minimum absolute atomic E-state index is 0.267. The molecule has 0 bridgehead atoms. The second kappa shape index (κ2) is 4.86. The first kappa shape index (κ1) is 13.1. The summed E-state index contributed by atoms with van der Waals surface area (Å²) in [5.41, 5.74) is 1.34. The third kappa shape index (κ3) is 1.87. The summed E-state index contributed by atoms with van der Waals surface area (Å²) in [5, 5.41) is 0.410. The molecule has 0 N–H and O–H groups in total. The van der Waals surface area contributed by atoms with Gasteiger partial charge in [-0.25, -0.2) is 9.69 Å². The van der Waals surface area contributed by atoms with Gasteiger partial charge in [0.15, 0.2) is 0 Å². The van der Waals surface area contributed by atoms with Crippen LogP contribution < -0.4 is 4.90 Å². The van der Waals surface area contributed by atoms with Crippen LogP contribution in [0.4, 0.5) is 5.00 Å². The summed E-state index contributed by atoms with van der Waals surface area (Å²) in [6.07, 6.45) is 5.12. The van der Waals surface area contributed by atoms with Crippen molar-refractivity contribution in [2.75, 3.05) is 11.5 Å². The SMILES string of the molecule is CCOC(=O)c1c(N2C(=O)C=CC2=O)sc2c1CCC2. The number of aryl methyl sites for hydroxylation is 1. The van der Waals surface area contributed by atoms with Crippen LogP contribution in [0.1, 0.15) is 34.1 Å². The standard InChI is InChI=1S/C14H13NO4S/c1-2-19-14(18)12-8-4-3-5-9(8)20-13(12)15-10(16)6-7-11(15)17/h6-7H,2-5H2,1H3. The van der Waals surface area contributed by atoms with Crippen LogP contribution in [0.15, 0.2) is 12.2 Å². The Morgan fingerprint density at radius 1 is 1.30 bits per heavy atom. The maximum atomic E-state index is 12.2. The van der Waals surface area contributed by atoms with Crippen LogP contribution in [0.25, 0.3) is 0 Å². The number of thiophene rings is 1. The van der Waals surface area contributed by atoms with Gasteiger partial charge in [-0.05, 0) is 31.7 Å². The lowest BCUT2D eigenvalue weighted by atomic mass is 10.1. The molecule has 0 spiro atoms. The van der Waals surface area contributed by atoms with E-state index in [0.717, 1.165) is 34.6 Å². The molecular weight excluding hydrogens is 278 g/mol. The molecule has 0 saturated carbocycles. The van der Waals surface area contributed by atoms with Crippen LogP contribution in [-0.4, -0.2) is 24.4 Å².